The molecule has 0 spiro atoms. The van der Waals surface area contributed by atoms with Crippen LogP contribution < -0.4 is 0 Å². The number of piperidine rings is 1. The van der Waals surface area contributed by atoms with Gasteiger partial charge >= 0.3 is 11.9 Å². The molecule has 3 fully saturated rings. The maximum Gasteiger partial charge on any atom is 0.344 e. The van der Waals surface area contributed by atoms with Gasteiger partial charge in [-0.2, -0.15) is 0 Å². The molecule has 3 N–H and O–H groups in total. The molecule has 4 rings (SSSR count). The van der Waals surface area contributed by atoms with E-state index in [-0.39, 0.29) is 54.9 Å². The minimum atomic E-state index is -2.47. The molecule has 3 aliphatic heterocycles. The highest BCUT2D eigenvalue weighted by Gasteiger charge is 2.53. The van der Waals surface area contributed by atoms with Gasteiger partial charge in [-0.3, -0.25) is 14.4 Å². The Hall–Kier alpha value is -4.75. The first kappa shape index (κ1) is 59.8. The van der Waals surface area contributed by atoms with Gasteiger partial charge in [-0.25, -0.2) is 9.59 Å². The van der Waals surface area contributed by atoms with Crippen molar-refractivity contribution in [3.8, 4) is 0 Å². The van der Waals surface area contributed by atoms with Crippen molar-refractivity contribution in [2.24, 2.45) is 45.8 Å². The van der Waals surface area contributed by atoms with E-state index in [1.807, 2.05) is 51.2 Å². The molecule has 19 heteroatoms. The number of aliphatic carboxylic acids is 1. The molecule has 0 unspecified atom stereocenters. The number of amides is 1. The summed E-state index contributed by atoms with van der Waals surface area (Å²) in [7, 11) is 4.49. The number of rotatable bonds is 10. The number of ether oxygens (including phenoxy) is 5. The summed E-state index contributed by atoms with van der Waals surface area (Å²) in [6, 6.07) is -1.54. The number of Topliss-reactive ketones (excluding diaryl/α,β-unsaturated/α-hetero) is 2. The van der Waals surface area contributed by atoms with E-state index >= 15 is 0 Å². The summed E-state index contributed by atoms with van der Waals surface area (Å²) in [6.45, 7) is 11.9. The number of cyclic esters (lactones) is 1. The minimum absolute atomic E-state index is 0.0177. The van der Waals surface area contributed by atoms with Gasteiger partial charge in [-0.05, 0) is 112 Å². The molecule has 3 heterocycles. The molecule has 0 aromatic heterocycles. The molecule has 1 aliphatic carbocycles. The summed E-state index contributed by atoms with van der Waals surface area (Å²) < 4.78 is 29.8. The molecule has 15 atom stereocenters. The Kier molecular flexibility index (Phi) is 23.8. The quantitative estimate of drug-likeness (QED) is 0.0367. The van der Waals surface area contributed by atoms with Crippen molar-refractivity contribution in [3.63, 3.8) is 0 Å². The summed E-state index contributed by atoms with van der Waals surface area (Å²) in [5.41, 5.74) is 10.7. The molecule has 1 amide bonds. The first-order valence-corrected chi connectivity index (χ1v) is 25.6. The Morgan fingerprint density at radius 2 is 1.68 bits per heavy atom. The zero-order valence-corrected chi connectivity index (χ0v) is 44.0. The van der Waals surface area contributed by atoms with E-state index in [0.717, 1.165) is 5.57 Å². The lowest BCUT2D eigenvalue weighted by Gasteiger charge is -2.42. The summed E-state index contributed by atoms with van der Waals surface area (Å²) in [4.78, 5) is 78.5. The van der Waals surface area contributed by atoms with Gasteiger partial charge in [0, 0.05) is 63.4 Å². The number of ketones is 2. The Balaban J connectivity index is 1.80. The number of hydrogen-bond donors (Lipinski definition) is 3. The lowest BCUT2D eigenvalue weighted by Crippen LogP contribution is -2.61. The van der Waals surface area contributed by atoms with Gasteiger partial charge in [0.1, 0.15) is 24.4 Å². The number of aliphatic hydroxyl groups is 2. The van der Waals surface area contributed by atoms with Crippen molar-refractivity contribution in [2.75, 3.05) is 34.5 Å². The van der Waals surface area contributed by atoms with Crippen LogP contribution in [0.2, 0.25) is 0 Å². The van der Waals surface area contributed by atoms with E-state index in [2.05, 4.69) is 15.2 Å². The van der Waals surface area contributed by atoms with Gasteiger partial charge in [-0.15, -0.1) is 0 Å². The van der Waals surface area contributed by atoms with Crippen molar-refractivity contribution in [2.45, 2.75) is 180 Å². The summed E-state index contributed by atoms with van der Waals surface area (Å²) in [6.07, 6.45) is 11.3. The molecule has 2 bridgehead atoms. The Morgan fingerprint density at radius 1 is 0.944 bits per heavy atom. The molecule has 0 radical (unpaired) electrons. The molecular formula is C53H81N5O14. The van der Waals surface area contributed by atoms with Gasteiger partial charge in [0.2, 0.25) is 12.4 Å². The third-order valence-electron chi connectivity index (χ3n) is 15.1. The monoisotopic (exact) mass is 1010 g/mol. The predicted molar refractivity (Wildman–Crippen MR) is 268 cm³/mol. The normalized spacial score (nSPS) is 37.9. The van der Waals surface area contributed by atoms with Crippen molar-refractivity contribution >= 4 is 35.1 Å². The highest BCUT2D eigenvalue weighted by Crippen LogP contribution is 2.38. The van der Waals surface area contributed by atoms with Crippen LogP contribution in [0.5, 0.6) is 0 Å². The molecule has 2 saturated heterocycles. The van der Waals surface area contributed by atoms with Crippen LogP contribution in [0, 0.1) is 35.5 Å². The van der Waals surface area contributed by atoms with Crippen molar-refractivity contribution in [1.82, 2.24) is 4.90 Å². The number of methoxy groups -OCH3 is 3. The van der Waals surface area contributed by atoms with Crippen LogP contribution in [0.1, 0.15) is 126 Å². The number of fused-ring (bicyclic) bond motifs is 3. The van der Waals surface area contributed by atoms with Gasteiger partial charge < -0.3 is 48.7 Å². The van der Waals surface area contributed by atoms with Gasteiger partial charge in [0.15, 0.2) is 5.78 Å². The predicted octanol–water partition coefficient (Wildman–Crippen LogP) is 7.39. The fourth-order valence-electron chi connectivity index (χ4n) is 10.6. The van der Waals surface area contributed by atoms with E-state index < -0.39 is 96.3 Å². The average molecular weight is 1010 g/mol. The lowest BCUT2D eigenvalue weighted by atomic mass is 9.77. The number of esters is 1. The highest BCUT2D eigenvalue weighted by molar-refractivity contribution is 6.39. The molecular weight excluding hydrogens is 931 g/mol. The van der Waals surface area contributed by atoms with Crippen LogP contribution in [0.4, 0.5) is 0 Å². The third-order valence-corrected chi connectivity index (χ3v) is 15.1. The number of carbonyl (C=O) groups excluding carboxylic acids is 4. The maximum absolute atomic E-state index is 14.7. The number of hydrogen-bond acceptors (Lipinski definition) is 15. The first-order valence-electron chi connectivity index (χ1n) is 25.6. The number of oxime groups is 1. The Labute approximate surface area is 425 Å². The van der Waals surface area contributed by atoms with E-state index in [1.54, 1.807) is 48.0 Å². The second-order valence-corrected chi connectivity index (χ2v) is 20.6. The van der Waals surface area contributed by atoms with Crippen LogP contribution in [-0.2, 0) is 52.5 Å². The second-order valence-electron chi connectivity index (χ2n) is 20.6. The smallest absolute Gasteiger partial charge is 0.344 e. The molecule has 1 saturated carbocycles. The summed E-state index contributed by atoms with van der Waals surface area (Å²) >= 11 is 0. The van der Waals surface area contributed by atoms with Crippen molar-refractivity contribution in [1.29, 1.82) is 0 Å². The molecule has 72 heavy (non-hydrogen) atoms. The number of allylic oxidation sites excluding steroid dienone is 6. The fraction of sp³-hybridized carbons (Fsp3) is 0.736. The topological polar surface area (TPSA) is 266 Å². The molecule has 4 aliphatic rings. The van der Waals surface area contributed by atoms with Crippen LogP contribution in [0.25, 0.3) is 10.4 Å². The van der Waals surface area contributed by atoms with E-state index in [1.165, 1.54) is 12.0 Å². The van der Waals surface area contributed by atoms with Crippen molar-refractivity contribution < 1.29 is 67.8 Å². The van der Waals surface area contributed by atoms with E-state index in [0.29, 0.717) is 69.8 Å². The summed E-state index contributed by atoms with van der Waals surface area (Å²) in [5.74, 6) is -9.31. The molecule has 402 valence electrons. The fourth-order valence-corrected chi connectivity index (χ4v) is 10.6. The van der Waals surface area contributed by atoms with Crippen LogP contribution in [0.15, 0.2) is 57.9 Å². The largest absolute Gasteiger partial charge is 0.479 e. The lowest BCUT2D eigenvalue weighted by molar-refractivity contribution is -0.265. The highest BCUT2D eigenvalue weighted by atomic mass is 16.6. The number of carboxylic acid groups (broad SMARTS) is 1. The van der Waals surface area contributed by atoms with Crippen molar-refractivity contribution in [3.05, 3.63) is 58.0 Å². The summed E-state index contributed by atoms with van der Waals surface area (Å²) in [5, 5.41) is 41.4. The minimum Gasteiger partial charge on any atom is -0.479 e. The Morgan fingerprint density at radius 3 is 2.35 bits per heavy atom. The number of carboxylic acids is 1. The van der Waals surface area contributed by atoms with Gasteiger partial charge in [0.25, 0.3) is 11.7 Å². The number of aliphatic hydroxyl groups excluding tert-OH is 1. The van der Waals surface area contributed by atoms with Gasteiger partial charge in [0.05, 0.1) is 30.1 Å². The average Bonchev–Trinajstić information content (AvgIpc) is 3.35. The van der Waals surface area contributed by atoms with E-state index in [9.17, 15) is 44.8 Å². The number of azide groups is 1. The van der Waals surface area contributed by atoms with Crippen LogP contribution >= 0.6 is 0 Å². The standard InChI is InChI=1S/C53H81N5O14/c1-31-16-12-11-13-17-32(2)43(67-8)28-39-21-19-37(7)53(66,72-39)50(63)51(64)58-23-15-14-18-42(58)52(65)71-44(34(4)26-38-20-22-40(55-57-54)45(27-38)68-9)29-41(56-70-30-46(59)60)33(3)25-36(6)48(62)49(69-10)47(61)35(5)24-31/h11-13,16-17,25,31,33-35,37-40,42-45,48-49,62,66H,14-15,18-24,26-30H2,1-10H3,(H,59,60)/b13-11+,16-12+,32-17+,36-25+,56-41-/t31-,33-,34-,35-,37-,38+,39+,40+,42+,43+,44+,45-,48-,49+,53-/m1/s1. The van der Waals surface area contributed by atoms with Crippen LogP contribution in [0.3, 0.4) is 0 Å². The van der Waals surface area contributed by atoms with Crippen LogP contribution in [-0.4, -0.2) is 144 Å². The Bertz CT molecular complexity index is 2070. The molecule has 0 aromatic carbocycles. The second kappa shape index (κ2) is 28.6. The molecule has 19 nitrogen and oxygen atoms in total. The zero-order chi connectivity index (χ0) is 53.3. The van der Waals surface area contributed by atoms with Gasteiger partial charge in [-0.1, -0.05) is 81.3 Å². The number of nitrogens with zero attached hydrogens (tertiary/aromatic N) is 5. The zero-order valence-electron chi connectivity index (χ0n) is 44.0. The maximum atomic E-state index is 14.7. The number of carbonyl (C=O) groups is 5. The first-order chi connectivity index (χ1) is 34.2. The molecule has 0 aromatic rings. The van der Waals surface area contributed by atoms with E-state index in [4.69, 9.17) is 28.5 Å². The third kappa shape index (κ3) is 16.4. The SMILES string of the molecule is CO[C@H]1C[C@@H]2CC[C@@H](C)[C@@](O)(O2)C(=O)C(=O)N2CCCC[C@H]2C(=O)O[C@H]([C@H](C)C[C@@H]2CC[C@H](N=[N+]=[N-])[C@H](OC)C2)C/C(=N/OCC(=O)O)[C@H](C)/C=C(\C)[C@@H](O)[C@@H](OC)C(=O)[C@H](C)C[C@H](C)/C=C/C=C/C=C/1C.